The number of ketones is 1. The molecule has 1 aromatic carbocycles. The van der Waals surface area contributed by atoms with Crippen LogP contribution in [-0.2, 0) is 6.42 Å². The van der Waals surface area contributed by atoms with Gasteiger partial charge in [-0.25, -0.2) is 0 Å². The molecule has 1 N–H and O–H groups in total. The average molecular weight is 344 g/mol. The molecule has 4 heteroatoms. The maximum Gasteiger partial charge on any atom is 0.189 e. The number of phenols is 1. The number of phenolic OH excluding ortho intramolecular Hbond substituents is 1. The zero-order valence-corrected chi connectivity index (χ0v) is 15.4. The maximum absolute atomic E-state index is 12.4. The summed E-state index contributed by atoms with van der Waals surface area (Å²) >= 11 is 1.43. The Kier molecular flexibility index (Phi) is 8.13. The van der Waals surface area contributed by atoms with Gasteiger partial charge in [0.25, 0.3) is 0 Å². The standard InChI is InChI=1S/C20H24O3S/c1-6-13-24-15(4)8-11-18(21)16-10-12-19(23-5)17(20(16)22)9-7-14(2)3/h6-8,10-13,22H,4,9H2,1-3,5H3/b11-8+,13-6-. The molecule has 0 bridgehead atoms. The van der Waals surface area contributed by atoms with E-state index in [9.17, 15) is 9.90 Å². The Hall–Kier alpha value is -2.20. The van der Waals surface area contributed by atoms with E-state index in [1.807, 2.05) is 38.3 Å². The molecule has 24 heavy (non-hydrogen) atoms. The van der Waals surface area contributed by atoms with Crippen molar-refractivity contribution in [2.45, 2.75) is 27.2 Å². The average Bonchev–Trinajstić information content (AvgIpc) is 2.56. The fourth-order valence-corrected chi connectivity index (χ4v) is 2.42. The summed E-state index contributed by atoms with van der Waals surface area (Å²) in [6.07, 6.45) is 7.46. The lowest BCUT2D eigenvalue weighted by Crippen LogP contribution is -2.00. The van der Waals surface area contributed by atoms with E-state index in [1.54, 1.807) is 25.3 Å². The van der Waals surface area contributed by atoms with Crippen molar-refractivity contribution in [2.24, 2.45) is 0 Å². The molecule has 1 aromatic rings. The second-order valence-electron chi connectivity index (χ2n) is 5.38. The van der Waals surface area contributed by atoms with Crippen LogP contribution in [0.4, 0.5) is 0 Å². The van der Waals surface area contributed by atoms with Gasteiger partial charge in [-0.15, -0.1) is 0 Å². The molecule has 128 valence electrons. The zero-order chi connectivity index (χ0) is 18.1. The van der Waals surface area contributed by atoms with Gasteiger partial charge in [0.2, 0.25) is 0 Å². The topological polar surface area (TPSA) is 46.5 Å². The molecular weight excluding hydrogens is 320 g/mol. The van der Waals surface area contributed by atoms with Gasteiger partial charge in [0.05, 0.1) is 12.7 Å². The third-order valence-electron chi connectivity index (χ3n) is 3.22. The lowest BCUT2D eigenvalue weighted by molar-refractivity contribution is 0.104. The highest BCUT2D eigenvalue weighted by Crippen LogP contribution is 2.33. The van der Waals surface area contributed by atoms with Gasteiger partial charge in [-0.3, -0.25) is 4.79 Å². The van der Waals surface area contributed by atoms with Crippen molar-refractivity contribution in [2.75, 3.05) is 7.11 Å². The van der Waals surface area contributed by atoms with Crippen molar-refractivity contribution in [3.8, 4) is 11.5 Å². The lowest BCUT2D eigenvalue weighted by Gasteiger charge is -2.12. The predicted octanol–water partition coefficient (Wildman–Crippen LogP) is 5.43. The number of aromatic hydroxyl groups is 1. The maximum atomic E-state index is 12.4. The van der Waals surface area contributed by atoms with E-state index in [4.69, 9.17) is 4.74 Å². The number of hydrogen-bond acceptors (Lipinski definition) is 4. The van der Waals surface area contributed by atoms with Crippen LogP contribution in [0.3, 0.4) is 0 Å². The van der Waals surface area contributed by atoms with Crippen molar-refractivity contribution >= 4 is 17.5 Å². The van der Waals surface area contributed by atoms with Gasteiger partial charge in [0, 0.05) is 10.5 Å². The molecule has 0 aliphatic carbocycles. The summed E-state index contributed by atoms with van der Waals surface area (Å²) in [4.78, 5) is 13.1. The smallest absolute Gasteiger partial charge is 0.189 e. The van der Waals surface area contributed by atoms with Gasteiger partial charge in [-0.05, 0) is 56.9 Å². The SMILES string of the molecule is C=C(/C=C/C(=O)c1ccc(OC)c(CC=C(C)C)c1O)S/C=C\C. The van der Waals surface area contributed by atoms with Crippen LogP contribution in [0.1, 0.15) is 36.7 Å². The van der Waals surface area contributed by atoms with E-state index in [0.717, 1.165) is 10.5 Å². The van der Waals surface area contributed by atoms with Gasteiger partial charge in [-0.2, -0.15) is 0 Å². The first-order valence-corrected chi connectivity index (χ1v) is 8.50. The van der Waals surface area contributed by atoms with Crippen LogP contribution in [0, 0.1) is 0 Å². The Morgan fingerprint density at radius 3 is 2.62 bits per heavy atom. The molecule has 1 rings (SSSR count). The molecule has 0 fully saturated rings. The fourth-order valence-electron chi connectivity index (χ4n) is 1.96. The molecule has 3 nitrogen and oxygen atoms in total. The van der Waals surface area contributed by atoms with Crippen molar-refractivity contribution in [1.29, 1.82) is 0 Å². The van der Waals surface area contributed by atoms with E-state index >= 15 is 0 Å². The molecule has 0 unspecified atom stereocenters. The zero-order valence-electron chi connectivity index (χ0n) is 14.6. The third kappa shape index (κ3) is 5.78. The van der Waals surface area contributed by atoms with Crippen LogP contribution in [0.15, 0.2) is 58.9 Å². The van der Waals surface area contributed by atoms with E-state index in [0.29, 0.717) is 17.7 Å². The highest BCUT2D eigenvalue weighted by molar-refractivity contribution is 8.06. The highest BCUT2D eigenvalue weighted by Gasteiger charge is 2.16. The molecule has 0 aromatic heterocycles. The normalized spacial score (nSPS) is 11.0. The van der Waals surface area contributed by atoms with Gasteiger partial charge in [-0.1, -0.05) is 36.1 Å². The first-order valence-electron chi connectivity index (χ1n) is 7.62. The number of benzene rings is 1. The number of carbonyl (C=O) groups excluding carboxylic acids is 1. The molecule has 0 amide bonds. The lowest BCUT2D eigenvalue weighted by atomic mass is 10.0. The molecule has 0 saturated carbocycles. The van der Waals surface area contributed by atoms with Crippen molar-refractivity contribution < 1.29 is 14.6 Å². The summed E-state index contributed by atoms with van der Waals surface area (Å²) in [6.45, 7) is 9.73. The van der Waals surface area contributed by atoms with Gasteiger partial charge < -0.3 is 9.84 Å². The molecule has 0 radical (unpaired) electrons. The van der Waals surface area contributed by atoms with Crippen LogP contribution in [0.25, 0.3) is 0 Å². The number of hydrogen-bond donors (Lipinski definition) is 1. The van der Waals surface area contributed by atoms with Crippen LogP contribution < -0.4 is 4.74 Å². The molecule has 0 aliphatic heterocycles. The van der Waals surface area contributed by atoms with Gasteiger partial charge >= 0.3 is 0 Å². The van der Waals surface area contributed by atoms with Crippen molar-refractivity contribution in [3.63, 3.8) is 0 Å². The molecule has 0 spiro atoms. The number of ether oxygens (including phenoxy) is 1. The van der Waals surface area contributed by atoms with E-state index in [-0.39, 0.29) is 17.1 Å². The third-order valence-corrected chi connectivity index (χ3v) is 4.06. The Morgan fingerprint density at radius 2 is 2.04 bits per heavy atom. The first-order chi connectivity index (χ1) is 11.4. The Bertz CT molecular complexity index is 693. The molecule has 0 aliphatic rings. The second-order valence-corrected chi connectivity index (χ2v) is 6.41. The molecule has 0 saturated heterocycles. The van der Waals surface area contributed by atoms with E-state index in [1.165, 1.54) is 17.8 Å². The minimum Gasteiger partial charge on any atom is -0.507 e. The monoisotopic (exact) mass is 344 g/mol. The predicted molar refractivity (Wildman–Crippen MR) is 103 cm³/mol. The van der Waals surface area contributed by atoms with Crippen molar-refractivity contribution in [1.82, 2.24) is 0 Å². The van der Waals surface area contributed by atoms with Crippen molar-refractivity contribution in [3.05, 3.63) is 70.0 Å². The number of carbonyl (C=O) groups is 1. The molecule has 0 atom stereocenters. The Morgan fingerprint density at radius 1 is 1.33 bits per heavy atom. The van der Waals surface area contributed by atoms with Crippen LogP contribution >= 0.6 is 11.8 Å². The van der Waals surface area contributed by atoms with E-state index in [2.05, 4.69) is 6.58 Å². The Labute approximate surface area is 148 Å². The number of rotatable bonds is 8. The summed E-state index contributed by atoms with van der Waals surface area (Å²) in [5.74, 6) is 0.266. The number of allylic oxidation sites excluding steroid dienone is 5. The fraction of sp³-hybridized carbons (Fsp3) is 0.250. The van der Waals surface area contributed by atoms with Crippen LogP contribution in [0.2, 0.25) is 0 Å². The highest BCUT2D eigenvalue weighted by atomic mass is 32.2. The summed E-state index contributed by atoms with van der Waals surface area (Å²) in [5, 5.41) is 12.4. The summed E-state index contributed by atoms with van der Waals surface area (Å²) < 4.78 is 5.29. The largest absolute Gasteiger partial charge is 0.507 e. The number of methoxy groups -OCH3 is 1. The quantitative estimate of drug-likeness (QED) is 0.296. The van der Waals surface area contributed by atoms with E-state index < -0.39 is 0 Å². The summed E-state index contributed by atoms with van der Waals surface area (Å²) in [7, 11) is 1.55. The minimum absolute atomic E-state index is 0.0341. The van der Waals surface area contributed by atoms with Gasteiger partial charge in [0.1, 0.15) is 11.5 Å². The molecule has 0 heterocycles. The van der Waals surface area contributed by atoms with Crippen LogP contribution in [-0.4, -0.2) is 18.0 Å². The number of thioether (sulfide) groups is 1. The second kappa shape index (κ2) is 9.83. The minimum atomic E-state index is -0.268. The Balaban J connectivity index is 3.09. The summed E-state index contributed by atoms with van der Waals surface area (Å²) in [6, 6.07) is 3.28. The first kappa shape index (κ1) is 19.8. The molecular formula is C20H24O3S. The van der Waals surface area contributed by atoms with Gasteiger partial charge in [0.15, 0.2) is 5.78 Å². The van der Waals surface area contributed by atoms with Crippen LogP contribution in [0.5, 0.6) is 11.5 Å². The summed E-state index contributed by atoms with van der Waals surface area (Å²) in [5.41, 5.74) is 2.00.